The minimum Gasteiger partial charge on any atom is -0.353 e. The molecule has 0 unspecified atom stereocenters. The van der Waals surface area contributed by atoms with E-state index in [1.54, 1.807) is 48.6 Å². The zero-order chi connectivity index (χ0) is 24.8. The fourth-order valence-corrected chi connectivity index (χ4v) is 4.20. The molecule has 0 saturated carbocycles. The van der Waals surface area contributed by atoms with Crippen LogP contribution in [0, 0.1) is 0 Å². The highest BCUT2D eigenvalue weighted by Gasteiger charge is 2.04. The number of benzene rings is 2. The van der Waals surface area contributed by atoms with E-state index in [1.165, 1.54) is 12.2 Å². The van der Waals surface area contributed by atoms with Crippen molar-refractivity contribution in [3.8, 4) is 0 Å². The monoisotopic (exact) mass is 540 g/mol. The SMILES string of the molecule is O=C(/C=C/c1c(Cl)cccc1Cl)NCCCCCCCCNC(=O)/C=C/c1c(Cl)cccc1Cl. The number of hydrogen-bond donors (Lipinski definition) is 2. The molecular formula is C26H28Cl4N2O2. The quantitative estimate of drug-likeness (QED) is 0.202. The lowest BCUT2D eigenvalue weighted by molar-refractivity contribution is -0.117. The molecule has 0 fully saturated rings. The topological polar surface area (TPSA) is 58.2 Å². The number of amides is 2. The van der Waals surface area contributed by atoms with E-state index >= 15 is 0 Å². The van der Waals surface area contributed by atoms with Gasteiger partial charge in [0.1, 0.15) is 0 Å². The Hall–Kier alpha value is -1.98. The molecule has 0 atom stereocenters. The van der Waals surface area contributed by atoms with Gasteiger partial charge in [-0.15, -0.1) is 0 Å². The summed E-state index contributed by atoms with van der Waals surface area (Å²) in [6.45, 7) is 1.24. The zero-order valence-electron chi connectivity index (χ0n) is 18.8. The highest BCUT2D eigenvalue weighted by molar-refractivity contribution is 6.37. The number of carbonyl (C=O) groups excluding carboxylic acids is 2. The maximum atomic E-state index is 11.9. The zero-order valence-corrected chi connectivity index (χ0v) is 21.8. The molecule has 0 bridgehead atoms. The minimum absolute atomic E-state index is 0.169. The Labute approximate surface area is 221 Å². The van der Waals surface area contributed by atoms with E-state index in [4.69, 9.17) is 46.4 Å². The first kappa shape index (κ1) is 28.3. The van der Waals surface area contributed by atoms with Gasteiger partial charge in [0.2, 0.25) is 11.8 Å². The molecule has 8 heteroatoms. The molecule has 0 radical (unpaired) electrons. The fraction of sp³-hybridized carbons (Fsp3) is 0.308. The van der Waals surface area contributed by atoms with Crippen molar-refractivity contribution in [2.45, 2.75) is 38.5 Å². The first-order valence-electron chi connectivity index (χ1n) is 11.2. The molecule has 0 aliphatic rings. The second kappa shape index (κ2) is 15.8. The summed E-state index contributed by atoms with van der Waals surface area (Å²) < 4.78 is 0. The van der Waals surface area contributed by atoms with Gasteiger partial charge in [0.05, 0.1) is 0 Å². The Morgan fingerprint density at radius 3 is 1.26 bits per heavy atom. The summed E-state index contributed by atoms with van der Waals surface area (Å²) in [7, 11) is 0. The van der Waals surface area contributed by atoms with Gasteiger partial charge in [-0.3, -0.25) is 9.59 Å². The van der Waals surface area contributed by atoms with E-state index in [-0.39, 0.29) is 11.8 Å². The molecule has 182 valence electrons. The predicted octanol–water partition coefficient (Wildman–Crippen LogP) is 7.60. The van der Waals surface area contributed by atoms with Crippen LogP contribution in [0.1, 0.15) is 49.7 Å². The maximum Gasteiger partial charge on any atom is 0.244 e. The van der Waals surface area contributed by atoms with Crippen LogP contribution in [-0.2, 0) is 9.59 Å². The highest BCUT2D eigenvalue weighted by Crippen LogP contribution is 2.26. The van der Waals surface area contributed by atoms with Gasteiger partial charge in [0, 0.05) is 56.5 Å². The standard InChI is InChI=1S/C26H28Cl4N2O2/c27-21-9-7-10-22(28)19(21)13-15-25(33)31-17-5-3-1-2-4-6-18-32-26(34)16-14-20-23(29)11-8-12-24(20)30/h7-16H,1-6,17-18H2,(H,31,33)(H,32,34)/b15-13+,16-14+. The summed E-state index contributed by atoms with van der Waals surface area (Å²) >= 11 is 24.3. The van der Waals surface area contributed by atoms with E-state index in [1.807, 2.05) is 0 Å². The minimum atomic E-state index is -0.169. The Balaban J connectivity index is 1.49. The number of carbonyl (C=O) groups is 2. The van der Waals surface area contributed by atoms with Crippen molar-refractivity contribution in [2.75, 3.05) is 13.1 Å². The lowest BCUT2D eigenvalue weighted by atomic mass is 10.1. The molecule has 0 spiro atoms. The van der Waals surface area contributed by atoms with E-state index in [9.17, 15) is 9.59 Å². The predicted molar refractivity (Wildman–Crippen MR) is 145 cm³/mol. The fourth-order valence-electron chi connectivity index (χ4n) is 3.16. The second-order valence-corrected chi connectivity index (χ2v) is 9.27. The third kappa shape index (κ3) is 10.5. The number of rotatable bonds is 13. The van der Waals surface area contributed by atoms with Crippen molar-refractivity contribution in [3.63, 3.8) is 0 Å². The average Bonchev–Trinajstić information content (AvgIpc) is 2.79. The van der Waals surface area contributed by atoms with Crippen LogP contribution in [0.4, 0.5) is 0 Å². The average molecular weight is 542 g/mol. The number of hydrogen-bond acceptors (Lipinski definition) is 2. The van der Waals surface area contributed by atoms with Crippen LogP contribution in [-0.4, -0.2) is 24.9 Å². The second-order valence-electron chi connectivity index (χ2n) is 7.64. The molecule has 2 aromatic carbocycles. The molecule has 2 N–H and O–H groups in total. The van der Waals surface area contributed by atoms with Gasteiger partial charge in [0.15, 0.2) is 0 Å². The van der Waals surface area contributed by atoms with Gasteiger partial charge < -0.3 is 10.6 Å². The van der Waals surface area contributed by atoms with Crippen LogP contribution in [0.5, 0.6) is 0 Å². The molecule has 34 heavy (non-hydrogen) atoms. The molecule has 4 nitrogen and oxygen atoms in total. The van der Waals surface area contributed by atoms with E-state index < -0.39 is 0 Å². The third-order valence-corrected chi connectivity index (χ3v) is 6.32. The lowest BCUT2D eigenvalue weighted by Gasteiger charge is -2.05. The van der Waals surface area contributed by atoms with Crippen molar-refractivity contribution in [2.24, 2.45) is 0 Å². The molecular weight excluding hydrogens is 514 g/mol. The van der Waals surface area contributed by atoms with Crippen molar-refractivity contribution < 1.29 is 9.59 Å². The molecule has 2 aromatic rings. The maximum absolute atomic E-state index is 11.9. The first-order valence-corrected chi connectivity index (χ1v) is 12.7. The van der Waals surface area contributed by atoms with Crippen LogP contribution in [0.2, 0.25) is 20.1 Å². The number of halogens is 4. The molecule has 0 saturated heterocycles. The lowest BCUT2D eigenvalue weighted by Crippen LogP contribution is -2.22. The van der Waals surface area contributed by atoms with Crippen molar-refractivity contribution in [3.05, 3.63) is 79.8 Å². The van der Waals surface area contributed by atoms with E-state index in [0.29, 0.717) is 44.3 Å². The van der Waals surface area contributed by atoms with E-state index in [0.717, 1.165) is 38.5 Å². The summed E-state index contributed by atoms with van der Waals surface area (Å²) in [5, 5.41) is 7.76. The Morgan fingerprint density at radius 2 is 0.912 bits per heavy atom. The van der Waals surface area contributed by atoms with Gasteiger partial charge in [-0.2, -0.15) is 0 Å². The van der Waals surface area contributed by atoms with Gasteiger partial charge in [-0.05, 0) is 49.3 Å². The summed E-state index contributed by atoms with van der Waals surface area (Å²) in [5.41, 5.74) is 1.27. The smallest absolute Gasteiger partial charge is 0.244 e. The highest BCUT2D eigenvalue weighted by atomic mass is 35.5. The van der Waals surface area contributed by atoms with Crippen molar-refractivity contribution in [1.82, 2.24) is 10.6 Å². The van der Waals surface area contributed by atoms with Crippen molar-refractivity contribution in [1.29, 1.82) is 0 Å². The molecule has 0 heterocycles. The van der Waals surface area contributed by atoms with Gasteiger partial charge in [0.25, 0.3) is 0 Å². The normalized spacial score (nSPS) is 11.3. The van der Waals surface area contributed by atoms with Crippen LogP contribution in [0.25, 0.3) is 12.2 Å². The number of unbranched alkanes of at least 4 members (excludes halogenated alkanes) is 5. The molecule has 0 aliphatic carbocycles. The Morgan fingerprint density at radius 1 is 0.588 bits per heavy atom. The van der Waals surface area contributed by atoms with E-state index in [2.05, 4.69) is 10.6 Å². The molecule has 0 aromatic heterocycles. The first-order chi connectivity index (χ1) is 16.4. The molecule has 0 aliphatic heterocycles. The van der Waals surface area contributed by atoms with Crippen LogP contribution < -0.4 is 10.6 Å². The third-order valence-electron chi connectivity index (χ3n) is 5.00. The summed E-state index contributed by atoms with van der Waals surface area (Å²) in [6.07, 6.45) is 12.2. The Kier molecular flexibility index (Phi) is 13.2. The summed E-state index contributed by atoms with van der Waals surface area (Å²) in [4.78, 5) is 23.9. The van der Waals surface area contributed by atoms with Gasteiger partial charge in [-0.25, -0.2) is 0 Å². The number of nitrogens with one attached hydrogen (secondary N) is 2. The Bertz CT molecular complexity index is 900. The van der Waals surface area contributed by atoms with Crippen molar-refractivity contribution >= 4 is 70.4 Å². The largest absolute Gasteiger partial charge is 0.353 e. The summed E-state index contributed by atoms with van der Waals surface area (Å²) in [5.74, 6) is -0.338. The molecule has 2 amide bonds. The van der Waals surface area contributed by atoms with Crippen LogP contribution in [0.15, 0.2) is 48.6 Å². The van der Waals surface area contributed by atoms with Crippen LogP contribution in [0.3, 0.4) is 0 Å². The molecule has 2 rings (SSSR count). The summed E-state index contributed by atoms with van der Waals surface area (Å²) in [6, 6.07) is 10.4. The van der Waals surface area contributed by atoms with Crippen LogP contribution >= 0.6 is 46.4 Å². The van der Waals surface area contributed by atoms with Gasteiger partial charge >= 0.3 is 0 Å². The van der Waals surface area contributed by atoms with Gasteiger partial charge in [-0.1, -0.05) is 84.2 Å².